The summed E-state index contributed by atoms with van der Waals surface area (Å²) in [7, 11) is -0.495. The van der Waals surface area contributed by atoms with Gasteiger partial charge in [0.2, 0.25) is 22.7 Å². The molecule has 0 saturated heterocycles. The van der Waals surface area contributed by atoms with Gasteiger partial charge in [-0.15, -0.1) is 0 Å². The van der Waals surface area contributed by atoms with Crippen molar-refractivity contribution in [1.82, 2.24) is 9.29 Å². The fourth-order valence-electron chi connectivity index (χ4n) is 3.99. The van der Waals surface area contributed by atoms with Gasteiger partial charge in [0.1, 0.15) is 11.6 Å². The number of aryl methyl sites for hydroxylation is 1. The second-order valence-corrected chi connectivity index (χ2v) is 11.0. The number of benzene rings is 1. The van der Waals surface area contributed by atoms with Crippen molar-refractivity contribution in [2.45, 2.75) is 31.6 Å². The molecule has 0 atom stereocenters. The number of ether oxygens (including phenoxy) is 2. The van der Waals surface area contributed by atoms with Gasteiger partial charge in [0.15, 0.2) is 5.76 Å². The second-order valence-electron chi connectivity index (χ2n) is 8.81. The van der Waals surface area contributed by atoms with E-state index in [1.807, 2.05) is 26.0 Å². The van der Waals surface area contributed by atoms with Crippen LogP contribution in [-0.2, 0) is 24.3 Å². The summed E-state index contributed by atoms with van der Waals surface area (Å²) in [5.41, 5.74) is 2.53. The van der Waals surface area contributed by atoms with Crippen LogP contribution in [-0.4, -0.2) is 44.5 Å². The molecular weight excluding hydrogens is 466 g/mol. The molecule has 9 heteroatoms. The number of amides is 1. The van der Waals surface area contributed by atoms with E-state index in [9.17, 15) is 13.2 Å². The van der Waals surface area contributed by atoms with E-state index in [2.05, 4.69) is 16.9 Å². The van der Waals surface area contributed by atoms with E-state index in [1.165, 1.54) is 18.4 Å². The third-order valence-corrected chi connectivity index (χ3v) is 8.18. The van der Waals surface area contributed by atoms with Crippen LogP contribution < -0.4 is 5.32 Å². The number of allylic oxidation sites excluding steroid dienone is 3. The molecule has 184 valence electrons. The lowest BCUT2D eigenvalue weighted by atomic mass is 9.93. The summed E-state index contributed by atoms with van der Waals surface area (Å²) in [4.78, 5) is 18.0. The molecule has 0 unspecified atom stereocenters. The molecule has 1 amide bonds. The SMILES string of the molecule is C=C/C(=C\C1=C(C)OCO1)C1(C(=O)Nc2ccc(-c3ccc(S(=O)(=O)N(C)C)cc3)c(C)n2)CC1. The lowest BCUT2D eigenvalue weighted by Gasteiger charge is -2.17. The zero-order chi connectivity index (χ0) is 25.4. The minimum atomic E-state index is -3.49. The smallest absolute Gasteiger partial charge is 0.242 e. The quantitative estimate of drug-likeness (QED) is 0.546. The molecule has 2 aromatic rings. The largest absolute Gasteiger partial charge is 0.458 e. The molecule has 1 aliphatic carbocycles. The minimum Gasteiger partial charge on any atom is -0.458 e. The molecular formula is C26H29N3O5S. The van der Waals surface area contributed by atoms with Crippen molar-refractivity contribution < 1.29 is 22.7 Å². The highest BCUT2D eigenvalue weighted by atomic mass is 32.2. The van der Waals surface area contributed by atoms with Crippen LogP contribution in [0.3, 0.4) is 0 Å². The molecule has 2 heterocycles. The average Bonchev–Trinajstić information content (AvgIpc) is 3.54. The average molecular weight is 496 g/mol. The number of rotatable bonds is 8. The molecule has 1 N–H and O–H groups in total. The van der Waals surface area contributed by atoms with Crippen LogP contribution in [0.4, 0.5) is 5.82 Å². The van der Waals surface area contributed by atoms with Crippen molar-refractivity contribution in [2.24, 2.45) is 5.41 Å². The van der Waals surface area contributed by atoms with E-state index in [4.69, 9.17) is 9.47 Å². The summed E-state index contributed by atoms with van der Waals surface area (Å²) in [5.74, 6) is 1.61. The number of aromatic nitrogens is 1. The maximum absolute atomic E-state index is 13.2. The van der Waals surface area contributed by atoms with E-state index in [-0.39, 0.29) is 17.6 Å². The summed E-state index contributed by atoms with van der Waals surface area (Å²) in [5, 5.41) is 2.94. The Hall–Kier alpha value is -3.43. The van der Waals surface area contributed by atoms with E-state index < -0.39 is 15.4 Å². The van der Waals surface area contributed by atoms with Crippen LogP contribution >= 0.6 is 0 Å². The topological polar surface area (TPSA) is 97.8 Å². The van der Waals surface area contributed by atoms with Crippen LogP contribution in [0.1, 0.15) is 25.5 Å². The maximum Gasteiger partial charge on any atom is 0.242 e. The number of hydrogen-bond donors (Lipinski definition) is 1. The first-order valence-corrected chi connectivity index (χ1v) is 12.7. The first-order chi connectivity index (χ1) is 16.6. The van der Waals surface area contributed by atoms with Gasteiger partial charge in [0, 0.05) is 25.4 Å². The third-order valence-electron chi connectivity index (χ3n) is 6.35. The Balaban J connectivity index is 1.52. The Morgan fingerprint density at radius 3 is 2.31 bits per heavy atom. The molecule has 35 heavy (non-hydrogen) atoms. The number of nitrogens with zero attached hydrogens (tertiary/aromatic N) is 2. The monoisotopic (exact) mass is 495 g/mol. The molecule has 1 aromatic carbocycles. The Labute approximate surface area is 206 Å². The maximum atomic E-state index is 13.2. The van der Waals surface area contributed by atoms with Gasteiger partial charge >= 0.3 is 0 Å². The third kappa shape index (κ3) is 4.74. The lowest BCUT2D eigenvalue weighted by molar-refractivity contribution is -0.119. The summed E-state index contributed by atoms with van der Waals surface area (Å²) in [6.07, 6.45) is 4.94. The molecule has 0 spiro atoms. The van der Waals surface area contributed by atoms with Crippen molar-refractivity contribution in [3.8, 4) is 11.1 Å². The molecule has 2 aliphatic rings. The van der Waals surface area contributed by atoms with E-state index in [0.717, 1.165) is 16.7 Å². The van der Waals surface area contributed by atoms with Crippen molar-refractivity contribution in [3.05, 3.63) is 77.9 Å². The summed E-state index contributed by atoms with van der Waals surface area (Å²) < 4.78 is 36.6. The second kappa shape index (κ2) is 9.31. The first-order valence-electron chi connectivity index (χ1n) is 11.2. The van der Waals surface area contributed by atoms with Crippen LogP contribution in [0.5, 0.6) is 0 Å². The Morgan fingerprint density at radius 2 is 1.80 bits per heavy atom. The summed E-state index contributed by atoms with van der Waals surface area (Å²) >= 11 is 0. The van der Waals surface area contributed by atoms with Gasteiger partial charge in [-0.05, 0) is 68.2 Å². The fourth-order valence-corrected chi connectivity index (χ4v) is 4.89. The van der Waals surface area contributed by atoms with E-state index in [1.54, 1.807) is 36.4 Å². The van der Waals surface area contributed by atoms with Crippen molar-refractivity contribution in [2.75, 3.05) is 26.2 Å². The molecule has 8 nitrogen and oxygen atoms in total. The van der Waals surface area contributed by atoms with Crippen molar-refractivity contribution in [3.63, 3.8) is 0 Å². The van der Waals surface area contributed by atoms with Gasteiger partial charge in [-0.3, -0.25) is 4.79 Å². The number of anilines is 1. The van der Waals surface area contributed by atoms with Gasteiger partial charge < -0.3 is 14.8 Å². The van der Waals surface area contributed by atoms with E-state index >= 15 is 0 Å². The molecule has 1 aliphatic heterocycles. The van der Waals surface area contributed by atoms with Gasteiger partial charge in [0.05, 0.1) is 10.3 Å². The van der Waals surface area contributed by atoms with Gasteiger partial charge in [-0.1, -0.05) is 24.8 Å². The summed E-state index contributed by atoms with van der Waals surface area (Å²) in [6, 6.07) is 10.3. The summed E-state index contributed by atoms with van der Waals surface area (Å²) in [6.45, 7) is 7.74. The molecule has 1 saturated carbocycles. The predicted molar refractivity (Wildman–Crippen MR) is 134 cm³/mol. The first kappa shape index (κ1) is 24.7. The number of carbonyl (C=O) groups is 1. The molecule has 1 fully saturated rings. The van der Waals surface area contributed by atoms with Crippen LogP contribution in [0, 0.1) is 12.3 Å². The highest BCUT2D eigenvalue weighted by molar-refractivity contribution is 7.89. The number of pyridine rings is 1. The minimum absolute atomic E-state index is 0.140. The van der Waals surface area contributed by atoms with E-state index in [0.29, 0.717) is 35.9 Å². The number of sulfonamides is 1. The highest BCUT2D eigenvalue weighted by Crippen LogP contribution is 2.53. The normalized spacial score (nSPS) is 17.1. The van der Waals surface area contributed by atoms with Crippen molar-refractivity contribution in [1.29, 1.82) is 0 Å². The lowest BCUT2D eigenvalue weighted by Crippen LogP contribution is -2.26. The Bertz CT molecular complexity index is 1340. The Kier molecular flexibility index (Phi) is 6.57. The fraction of sp³-hybridized carbons (Fsp3) is 0.308. The van der Waals surface area contributed by atoms with Crippen LogP contribution in [0.25, 0.3) is 11.1 Å². The molecule has 0 radical (unpaired) electrons. The van der Waals surface area contributed by atoms with Gasteiger partial charge in [-0.25, -0.2) is 17.7 Å². The highest BCUT2D eigenvalue weighted by Gasteiger charge is 2.52. The molecule has 4 rings (SSSR count). The number of nitrogens with one attached hydrogen (secondary N) is 1. The van der Waals surface area contributed by atoms with Crippen LogP contribution in [0.2, 0.25) is 0 Å². The zero-order valence-corrected chi connectivity index (χ0v) is 21.1. The van der Waals surface area contributed by atoms with Crippen molar-refractivity contribution >= 4 is 21.7 Å². The number of carbonyl (C=O) groups excluding carboxylic acids is 1. The zero-order valence-electron chi connectivity index (χ0n) is 20.3. The molecule has 1 aromatic heterocycles. The predicted octanol–water partition coefficient (Wildman–Crippen LogP) is 4.37. The number of hydrogen-bond acceptors (Lipinski definition) is 6. The van der Waals surface area contributed by atoms with Gasteiger partial charge in [-0.2, -0.15) is 0 Å². The van der Waals surface area contributed by atoms with Gasteiger partial charge in [0.25, 0.3) is 0 Å². The molecule has 0 bridgehead atoms. The van der Waals surface area contributed by atoms with Crippen LogP contribution in [0.15, 0.2) is 77.1 Å². The standard InChI is InChI=1S/C26H29N3O5S/c1-6-20(15-23-18(3)33-16-34-23)26(13-14-26)25(30)28-24-12-11-22(17(2)27-24)19-7-9-21(10-8-19)35(31,32)29(4)5/h6-12,15H,1,13-14,16H2,2-5H3,(H,27,28,30)/b20-15+. The Morgan fingerprint density at radius 1 is 1.11 bits per heavy atom.